The molecule has 1 aromatic heterocycles. The zero-order chi connectivity index (χ0) is 13.0. The second-order valence-electron chi connectivity index (χ2n) is 3.87. The highest BCUT2D eigenvalue weighted by molar-refractivity contribution is 5.86. The molecule has 0 aliphatic carbocycles. The van der Waals surface area contributed by atoms with Crippen molar-refractivity contribution in [3.63, 3.8) is 0 Å². The first-order valence-electron chi connectivity index (χ1n) is 5.78. The van der Waals surface area contributed by atoms with Gasteiger partial charge in [0.05, 0.1) is 11.0 Å². The molecule has 0 unspecified atom stereocenters. The molecule has 0 aliphatic rings. The SMILES string of the molecule is CNc1nc2cc(C=O)ccc2n1C/C=C/CN. The molecule has 18 heavy (non-hydrogen) atoms. The summed E-state index contributed by atoms with van der Waals surface area (Å²) >= 11 is 0. The van der Waals surface area contributed by atoms with Crippen LogP contribution in [-0.2, 0) is 6.54 Å². The summed E-state index contributed by atoms with van der Waals surface area (Å²) in [5, 5.41) is 3.05. The second kappa shape index (κ2) is 5.46. The van der Waals surface area contributed by atoms with E-state index in [1.165, 1.54) is 0 Å². The smallest absolute Gasteiger partial charge is 0.203 e. The van der Waals surface area contributed by atoms with E-state index in [0.717, 1.165) is 23.3 Å². The summed E-state index contributed by atoms with van der Waals surface area (Å²) < 4.78 is 2.04. The molecule has 0 amide bonds. The third-order valence-electron chi connectivity index (χ3n) is 2.72. The van der Waals surface area contributed by atoms with Gasteiger partial charge in [-0.05, 0) is 18.2 Å². The van der Waals surface area contributed by atoms with Crippen molar-refractivity contribution in [2.45, 2.75) is 6.54 Å². The van der Waals surface area contributed by atoms with E-state index >= 15 is 0 Å². The summed E-state index contributed by atoms with van der Waals surface area (Å²) in [5.74, 6) is 0.773. The number of hydrogen-bond donors (Lipinski definition) is 2. The van der Waals surface area contributed by atoms with E-state index in [4.69, 9.17) is 5.73 Å². The summed E-state index contributed by atoms with van der Waals surface area (Å²) in [7, 11) is 1.82. The molecule has 5 heteroatoms. The Morgan fingerprint density at radius 3 is 2.94 bits per heavy atom. The van der Waals surface area contributed by atoms with Crippen LogP contribution >= 0.6 is 0 Å². The van der Waals surface area contributed by atoms with Gasteiger partial charge in [0.1, 0.15) is 6.29 Å². The third-order valence-corrected chi connectivity index (χ3v) is 2.72. The van der Waals surface area contributed by atoms with Crippen molar-refractivity contribution >= 4 is 23.3 Å². The molecule has 5 nitrogen and oxygen atoms in total. The Labute approximate surface area is 105 Å². The fourth-order valence-electron chi connectivity index (χ4n) is 1.87. The van der Waals surface area contributed by atoms with Crippen LogP contribution in [0.4, 0.5) is 5.95 Å². The molecule has 0 saturated carbocycles. The molecular formula is C13H16N4O. The summed E-state index contributed by atoms with van der Waals surface area (Å²) in [4.78, 5) is 15.2. The maximum absolute atomic E-state index is 10.7. The van der Waals surface area contributed by atoms with Crippen LogP contribution in [0, 0.1) is 0 Å². The molecule has 0 radical (unpaired) electrons. The highest BCUT2D eigenvalue weighted by Gasteiger charge is 2.08. The Kier molecular flexibility index (Phi) is 3.74. The number of benzene rings is 1. The van der Waals surface area contributed by atoms with Gasteiger partial charge >= 0.3 is 0 Å². The molecule has 0 spiro atoms. The third kappa shape index (κ3) is 2.26. The van der Waals surface area contributed by atoms with Gasteiger partial charge in [0.2, 0.25) is 5.95 Å². The fraction of sp³-hybridized carbons (Fsp3) is 0.231. The Balaban J connectivity index is 2.48. The number of anilines is 1. The normalized spacial score (nSPS) is 11.2. The van der Waals surface area contributed by atoms with Gasteiger partial charge in [-0.2, -0.15) is 0 Å². The zero-order valence-electron chi connectivity index (χ0n) is 10.3. The van der Waals surface area contributed by atoms with Crippen LogP contribution in [0.2, 0.25) is 0 Å². The molecule has 1 aromatic carbocycles. The number of nitrogens with zero attached hydrogens (tertiary/aromatic N) is 2. The lowest BCUT2D eigenvalue weighted by molar-refractivity contribution is 0.112. The van der Waals surface area contributed by atoms with Crippen LogP contribution in [0.25, 0.3) is 11.0 Å². The maximum Gasteiger partial charge on any atom is 0.203 e. The standard InChI is InChI=1S/C13H16N4O/c1-15-13-16-11-8-10(9-18)4-5-12(11)17(13)7-3-2-6-14/h2-5,8-9H,6-7,14H2,1H3,(H,15,16)/b3-2+. The molecule has 3 N–H and O–H groups in total. The number of imidazole rings is 1. The average Bonchev–Trinajstić information content (AvgIpc) is 2.76. The molecule has 0 fully saturated rings. The molecular weight excluding hydrogens is 228 g/mol. The average molecular weight is 244 g/mol. The van der Waals surface area contributed by atoms with Gasteiger partial charge in [-0.1, -0.05) is 12.2 Å². The Morgan fingerprint density at radius 2 is 2.28 bits per heavy atom. The minimum atomic E-state index is 0.525. The number of carbonyl (C=O) groups excluding carboxylic acids is 1. The first-order valence-corrected chi connectivity index (χ1v) is 5.78. The zero-order valence-corrected chi connectivity index (χ0v) is 10.3. The molecule has 2 aromatic rings. The number of carbonyl (C=O) groups is 1. The van der Waals surface area contributed by atoms with E-state index < -0.39 is 0 Å². The highest BCUT2D eigenvalue weighted by Crippen LogP contribution is 2.20. The predicted molar refractivity (Wildman–Crippen MR) is 72.9 cm³/mol. The van der Waals surface area contributed by atoms with Crippen molar-refractivity contribution in [3.8, 4) is 0 Å². The van der Waals surface area contributed by atoms with Crippen LogP contribution in [0.15, 0.2) is 30.4 Å². The van der Waals surface area contributed by atoms with Crippen molar-refractivity contribution in [1.29, 1.82) is 0 Å². The van der Waals surface area contributed by atoms with Crippen LogP contribution < -0.4 is 11.1 Å². The molecule has 1 heterocycles. The van der Waals surface area contributed by atoms with Gasteiger partial charge < -0.3 is 15.6 Å². The summed E-state index contributed by atoms with van der Waals surface area (Å²) in [6.45, 7) is 1.22. The minimum absolute atomic E-state index is 0.525. The van der Waals surface area contributed by atoms with E-state index in [1.807, 2.05) is 29.8 Å². The lowest BCUT2D eigenvalue weighted by atomic mass is 10.2. The quantitative estimate of drug-likeness (QED) is 0.616. The Bertz CT molecular complexity index is 586. The van der Waals surface area contributed by atoms with Gasteiger partial charge in [-0.15, -0.1) is 0 Å². The van der Waals surface area contributed by atoms with Crippen molar-refractivity contribution in [2.24, 2.45) is 5.73 Å². The van der Waals surface area contributed by atoms with Gasteiger partial charge in [0.25, 0.3) is 0 Å². The highest BCUT2D eigenvalue weighted by atomic mass is 16.1. The number of aldehydes is 1. The number of aromatic nitrogens is 2. The first-order chi connectivity index (χ1) is 8.80. The summed E-state index contributed by atoms with van der Waals surface area (Å²) in [5.41, 5.74) is 7.86. The van der Waals surface area contributed by atoms with Gasteiger partial charge in [-0.3, -0.25) is 4.79 Å². The van der Waals surface area contributed by atoms with Crippen LogP contribution in [0.5, 0.6) is 0 Å². The molecule has 2 rings (SSSR count). The van der Waals surface area contributed by atoms with E-state index in [-0.39, 0.29) is 0 Å². The Hall–Kier alpha value is -2.14. The number of nitrogens with one attached hydrogen (secondary N) is 1. The number of allylic oxidation sites excluding steroid dienone is 1. The molecule has 0 saturated heterocycles. The number of rotatable bonds is 5. The van der Waals surface area contributed by atoms with Crippen molar-refractivity contribution in [3.05, 3.63) is 35.9 Å². The minimum Gasteiger partial charge on any atom is -0.359 e. The topological polar surface area (TPSA) is 72.9 Å². The lowest BCUT2D eigenvalue weighted by Crippen LogP contribution is -2.03. The summed E-state index contributed by atoms with van der Waals surface area (Å²) in [6.07, 6.45) is 4.73. The van der Waals surface area contributed by atoms with Gasteiger partial charge in [0, 0.05) is 25.7 Å². The monoisotopic (exact) mass is 244 g/mol. The molecule has 94 valence electrons. The van der Waals surface area contributed by atoms with Crippen LogP contribution in [0.3, 0.4) is 0 Å². The van der Waals surface area contributed by atoms with Gasteiger partial charge in [0.15, 0.2) is 0 Å². The van der Waals surface area contributed by atoms with Crippen LogP contribution in [-0.4, -0.2) is 29.4 Å². The van der Waals surface area contributed by atoms with Crippen LogP contribution in [0.1, 0.15) is 10.4 Å². The van der Waals surface area contributed by atoms with E-state index in [9.17, 15) is 4.79 Å². The molecule has 0 aliphatic heterocycles. The van der Waals surface area contributed by atoms with Crippen molar-refractivity contribution in [2.75, 3.05) is 18.9 Å². The Morgan fingerprint density at radius 1 is 1.44 bits per heavy atom. The maximum atomic E-state index is 10.7. The van der Waals surface area contributed by atoms with E-state index in [2.05, 4.69) is 10.3 Å². The molecule has 0 bridgehead atoms. The largest absolute Gasteiger partial charge is 0.359 e. The first kappa shape index (κ1) is 12.3. The number of nitrogens with two attached hydrogens (primary N) is 1. The predicted octanol–water partition coefficient (Wildman–Crippen LogP) is 1.41. The van der Waals surface area contributed by atoms with Gasteiger partial charge in [-0.25, -0.2) is 4.98 Å². The number of hydrogen-bond acceptors (Lipinski definition) is 4. The van der Waals surface area contributed by atoms with Crippen molar-refractivity contribution in [1.82, 2.24) is 9.55 Å². The molecule has 0 atom stereocenters. The second-order valence-corrected chi connectivity index (χ2v) is 3.87. The van der Waals surface area contributed by atoms with E-state index in [0.29, 0.717) is 18.7 Å². The lowest BCUT2D eigenvalue weighted by Gasteiger charge is -2.05. The summed E-state index contributed by atoms with van der Waals surface area (Å²) in [6, 6.07) is 5.48. The van der Waals surface area contributed by atoms with E-state index in [1.54, 1.807) is 12.1 Å². The van der Waals surface area contributed by atoms with Crippen molar-refractivity contribution < 1.29 is 4.79 Å². The fourth-order valence-corrected chi connectivity index (χ4v) is 1.87. The number of fused-ring (bicyclic) bond motifs is 1.